The van der Waals surface area contributed by atoms with Gasteiger partial charge in [-0.1, -0.05) is 0 Å². The van der Waals surface area contributed by atoms with Crippen molar-refractivity contribution in [2.75, 3.05) is 49.5 Å². The van der Waals surface area contributed by atoms with Gasteiger partial charge in [-0.3, -0.25) is 14.9 Å². The van der Waals surface area contributed by atoms with E-state index in [-0.39, 0.29) is 23.4 Å². The summed E-state index contributed by atoms with van der Waals surface area (Å²) in [6.45, 7) is 4.59. The highest BCUT2D eigenvalue weighted by Crippen LogP contribution is 2.34. The van der Waals surface area contributed by atoms with Gasteiger partial charge in [-0.05, 0) is 18.9 Å². The molecule has 3 rings (SSSR count). The van der Waals surface area contributed by atoms with Crippen molar-refractivity contribution in [3.63, 3.8) is 0 Å². The molecule has 0 radical (unpaired) electrons. The van der Waals surface area contributed by atoms with Gasteiger partial charge in [-0.2, -0.15) is 0 Å². The molecule has 0 unspecified atom stereocenters. The third kappa shape index (κ3) is 4.04. The summed E-state index contributed by atoms with van der Waals surface area (Å²) in [7, 11) is 0. The van der Waals surface area contributed by atoms with E-state index in [0.717, 1.165) is 18.9 Å². The monoisotopic (exact) mass is 366 g/mol. The number of nitrogens with zero attached hydrogens (tertiary/aromatic N) is 3. The molecule has 1 aromatic carbocycles. The second-order valence-corrected chi connectivity index (χ2v) is 6.59. The first kappa shape index (κ1) is 18.4. The number of carbonyl (C=O) groups excluding carboxylic acids is 1. The third-order valence-corrected chi connectivity index (χ3v) is 4.87. The molecule has 9 heteroatoms. The number of piperazine rings is 1. The first-order chi connectivity index (χ1) is 12.5. The van der Waals surface area contributed by atoms with E-state index in [1.807, 2.05) is 4.90 Å². The predicted octanol–water partition coefficient (Wildman–Crippen LogP) is 1.99. The van der Waals surface area contributed by atoms with E-state index in [4.69, 9.17) is 4.74 Å². The zero-order valence-electron chi connectivity index (χ0n) is 14.7. The van der Waals surface area contributed by atoms with Crippen LogP contribution in [0.2, 0.25) is 0 Å². The summed E-state index contributed by atoms with van der Waals surface area (Å²) < 4.78 is 19.8. The molecule has 1 N–H and O–H groups in total. The van der Waals surface area contributed by atoms with E-state index < -0.39 is 10.7 Å². The third-order valence-electron chi connectivity index (χ3n) is 4.87. The minimum atomic E-state index is -0.652. The summed E-state index contributed by atoms with van der Waals surface area (Å²) >= 11 is 0. The molecular weight excluding hydrogens is 343 g/mol. The topological polar surface area (TPSA) is 88.0 Å². The van der Waals surface area contributed by atoms with Crippen LogP contribution in [-0.4, -0.2) is 61.2 Å². The van der Waals surface area contributed by atoms with Crippen molar-refractivity contribution in [3.8, 4) is 0 Å². The van der Waals surface area contributed by atoms with E-state index >= 15 is 0 Å². The van der Waals surface area contributed by atoms with Gasteiger partial charge in [-0.25, -0.2) is 4.39 Å². The average molecular weight is 366 g/mol. The predicted molar refractivity (Wildman–Crippen MR) is 95.0 cm³/mol. The summed E-state index contributed by atoms with van der Waals surface area (Å²) in [5.74, 6) is -0.669. The normalized spacial score (nSPS) is 20.3. The number of amides is 1. The maximum atomic E-state index is 14.3. The number of ether oxygens (including phenoxy) is 1. The fourth-order valence-electron chi connectivity index (χ4n) is 3.38. The summed E-state index contributed by atoms with van der Waals surface area (Å²) in [5.41, 5.74) is 0.339. The van der Waals surface area contributed by atoms with Crippen molar-refractivity contribution >= 4 is 23.0 Å². The van der Waals surface area contributed by atoms with Gasteiger partial charge in [0.15, 0.2) is 5.82 Å². The highest BCUT2D eigenvalue weighted by atomic mass is 19.1. The summed E-state index contributed by atoms with van der Waals surface area (Å²) in [4.78, 5) is 25.8. The lowest BCUT2D eigenvalue weighted by molar-refractivity contribution is -0.384. The van der Waals surface area contributed by atoms with Crippen molar-refractivity contribution in [2.24, 2.45) is 0 Å². The molecule has 2 saturated heterocycles. The molecule has 0 saturated carbocycles. The van der Waals surface area contributed by atoms with Crippen LogP contribution in [0.5, 0.6) is 0 Å². The van der Waals surface area contributed by atoms with Gasteiger partial charge < -0.3 is 19.9 Å². The molecule has 26 heavy (non-hydrogen) atoms. The molecule has 0 aromatic heterocycles. The molecule has 1 atom stereocenters. The fraction of sp³-hybridized carbons (Fsp3) is 0.588. The van der Waals surface area contributed by atoms with Gasteiger partial charge in [0, 0.05) is 46.3 Å². The number of carbonyl (C=O) groups is 1. The summed E-state index contributed by atoms with van der Waals surface area (Å²) in [6, 6.07) is 2.45. The molecule has 0 aliphatic carbocycles. The Labute approximate surface area is 151 Å². The Morgan fingerprint density at radius 3 is 2.69 bits per heavy atom. The second kappa shape index (κ2) is 7.86. The second-order valence-electron chi connectivity index (χ2n) is 6.59. The molecule has 0 bridgehead atoms. The molecule has 2 aliphatic heterocycles. The standard InChI is InChI=1S/C17H23FN4O4/c1-12(23)20-4-6-21(7-5-20)16-10-15(14(18)9-17(16)22(24)25)19-11-13-3-2-8-26-13/h9-10,13,19H,2-8,11H2,1H3/t13-/m0/s1. The molecule has 2 heterocycles. The quantitative estimate of drug-likeness (QED) is 0.633. The van der Waals surface area contributed by atoms with Crippen LogP contribution < -0.4 is 10.2 Å². The van der Waals surface area contributed by atoms with Crippen molar-refractivity contribution in [1.82, 2.24) is 4.90 Å². The number of hydrogen-bond donors (Lipinski definition) is 1. The first-order valence-corrected chi connectivity index (χ1v) is 8.79. The van der Waals surface area contributed by atoms with E-state index in [1.165, 1.54) is 13.0 Å². The Morgan fingerprint density at radius 1 is 1.38 bits per heavy atom. The van der Waals surface area contributed by atoms with E-state index in [2.05, 4.69) is 5.32 Å². The minimum Gasteiger partial charge on any atom is -0.380 e. The van der Waals surface area contributed by atoms with Crippen LogP contribution in [0.4, 0.5) is 21.5 Å². The van der Waals surface area contributed by atoms with Crippen molar-refractivity contribution < 1.29 is 18.8 Å². The highest BCUT2D eigenvalue weighted by molar-refractivity contribution is 5.74. The van der Waals surface area contributed by atoms with Crippen LogP contribution >= 0.6 is 0 Å². The van der Waals surface area contributed by atoms with Gasteiger partial charge >= 0.3 is 0 Å². The molecule has 2 aliphatic rings. The van der Waals surface area contributed by atoms with E-state index in [9.17, 15) is 19.3 Å². The fourth-order valence-corrected chi connectivity index (χ4v) is 3.38. The Morgan fingerprint density at radius 2 is 2.12 bits per heavy atom. The average Bonchev–Trinajstić information content (AvgIpc) is 3.14. The lowest BCUT2D eigenvalue weighted by Crippen LogP contribution is -2.48. The van der Waals surface area contributed by atoms with Gasteiger partial charge in [0.25, 0.3) is 5.69 Å². The lowest BCUT2D eigenvalue weighted by Gasteiger charge is -2.35. The van der Waals surface area contributed by atoms with Gasteiger partial charge in [0.2, 0.25) is 5.91 Å². The molecule has 0 spiro atoms. The zero-order valence-corrected chi connectivity index (χ0v) is 14.7. The maximum Gasteiger partial charge on any atom is 0.295 e. The number of nitro benzene ring substituents is 1. The van der Waals surface area contributed by atoms with Crippen molar-refractivity contribution in [1.29, 1.82) is 0 Å². The zero-order chi connectivity index (χ0) is 18.7. The summed E-state index contributed by atoms with van der Waals surface area (Å²) in [6.07, 6.45) is 1.94. The Kier molecular flexibility index (Phi) is 5.55. The number of halogens is 1. The number of nitro groups is 1. The van der Waals surface area contributed by atoms with Crippen LogP contribution in [0.25, 0.3) is 0 Å². The molecular formula is C17H23FN4O4. The van der Waals surface area contributed by atoms with Crippen LogP contribution in [0.1, 0.15) is 19.8 Å². The number of nitrogens with one attached hydrogen (secondary N) is 1. The Balaban J connectivity index is 1.79. The Bertz CT molecular complexity index is 686. The number of benzene rings is 1. The minimum absolute atomic E-state index is 0.0165. The SMILES string of the molecule is CC(=O)N1CCN(c2cc(NC[C@@H]3CCCO3)c(F)cc2[N+](=O)[O-])CC1. The van der Waals surface area contributed by atoms with Gasteiger partial charge in [0.05, 0.1) is 22.8 Å². The molecule has 1 amide bonds. The maximum absolute atomic E-state index is 14.3. The summed E-state index contributed by atoms with van der Waals surface area (Å²) in [5, 5.41) is 14.4. The van der Waals surface area contributed by atoms with Crippen LogP contribution in [0.15, 0.2) is 12.1 Å². The largest absolute Gasteiger partial charge is 0.380 e. The highest BCUT2D eigenvalue weighted by Gasteiger charge is 2.27. The number of hydrogen-bond acceptors (Lipinski definition) is 6. The first-order valence-electron chi connectivity index (χ1n) is 8.79. The lowest BCUT2D eigenvalue weighted by atomic mass is 10.1. The Hall–Kier alpha value is -2.42. The molecule has 2 fully saturated rings. The molecule has 142 valence electrons. The van der Waals surface area contributed by atoms with Crippen LogP contribution in [0, 0.1) is 15.9 Å². The van der Waals surface area contributed by atoms with Gasteiger partial charge in [0.1, 0.15) is 5.69 Å². The smallest absolute Gasteiger partial charge is 0.295 e. The van der Waals surface area contributed by atoms with Crippen LogP contribution in [-0.2, 0) is 9.53 Å². The number of rotatable bonds is 5. The van der Waals surface area contributed by atoms with Crippen molar-refractivity contribution in [3.05, 3.63) is 28.1 Å². The van der Waals surface area contributed by atoms with Crippen LogP contribution in [0.3, 0.4) is 0 Å². The van der Waals surface area contributed by atoms with Gasteiger partial charge in [-0.15, -0.1) is 0 Å². The van der Waals surface area contributed by atoms with E-state index in [0.29, 0.717) is 45.0 Å². The van der Waals surface area contributed by atoms with E-state index in [1.54, 1.807) is 4.90 Å². The number of anilines is 2. The molecule has 8 nitrogen and oxygen atoms in total. The molecule has 1 aromatic rings. The van der Waals surface area contributed by atoms with Crippen molar-refractivity contribution in [2.45, 2.75) is 25.9 Å².